The van der Waals surface area contributed by atoms with Crippen molar-refractivity contribution in [2.75, 3.05) is 25.0 Å². The molecule has 1 saturated heterocycles. The molecule has 0 unspecified atom stereocenters. The lowest BCUT2D eigenvalue weighted by Crippen LogP contribution is -2.56. The van der Waals surface area contributed by atoms with E-state index in [2.05, 4.69) is 10.3 Å². The number of likely N-dealkylation sites (tertiary alicyclic amines) is 1. The molecule has 0 saturated carbocycles. The minimum atomic E-state index is -1.20. The lowest BCUT2D eigenvalue weighted by Gasteiger charge is -2.41. The van der Waals surface area contributed by atoms with Crippen molar-refractivity contribution >= 4 is 23.8 Å². The average molecular weight is 512 g/mol. The highest BCUT2D eigenvalue weighted by atomic mass is 16.4. The Morgan fingerprint density at radius 1 is 1.14 bits per heavy atom. The minimum Gasteiger partial charge on any atom is -0.481 e. The van der Waals surface area contributed by atoms with Crippen molar-refractivity contribution < 1.29 is 24.6 Å². The van der Waals surface area contributed by atoms with E-state index in [1.807, 2.05) is 65.0 Å². The molecule has 3 N–H and O–H groups in total. The molecule has 1 aliphatic heterocycles. The Balaban J connectivity index is 1.99. The van der Waals surface area contributed by atoms with Gasteiger partial charge < -0.3 is 25.3 Å². The van der Waals surface area contributed by atoms with Crippen LogP contribution in [0.2, 0.25) is 0 Å². The number of carbonyl (C=O) groups excluding carboxylic acids is 1. The van der Waals surface area contributed by atoms with Gasteiger partial charge in [0.2, 0.25) is 0 Å². The van der Waals surface area contributed by atoms with Gasteiger partial charge in [0, 0.05) is 37.8 Å². The van der Waals surface area contributed by atoms with E-state index in [0.717, 1.165) is 10.5 Å². The molecule has 1 aromatic carbocycles. The normalized spacial score (nSPS) is 17.9. The van der Waals surface area contributed by atoms with Gasteiger partial charge in [0.25, 0.3) is 5.91 Å². The first kappa shape index (κ1) is 27.9. The third-order valence-electron chi connectivity index (χ3n) is 6.30. The number of nitrogens with one attached hydrogen (secondary N) is 1. The molecule has 10 nitrogen and oxygen atoms in total. The van der Waals surface area contributed by atoms with E-state index in [9.17, 15) is 24.6 Å². The Bertz CT molecular complexity index is 1090. The summed E-state index contributed by atoms with van der Waals surface area (Å²) in [6.45, 7) is 10.6. The second-order valence-corrected chi connectivity index (χ2v) is 11.0. The van der Waals surface area contributed by atoms with E-state index >= 15 is 0 Å². The number of amides is 2. The fourth-order valence-electron chi connectivity index (χ4n) is 4.40. The molecule has 1 fully saturated rings. The average Bonchev–Trinajstić information content (AvgIpc) is 2.85. The zero-order valence-corrected chi connectivity index (χ0v) is 22.1. The minimum absolute atomic E-state index is 0.0469. The van der Waals surface area contributed by atoms with Gasteiger partial charge in [0.1, 0.15) is 17.2 Å². The molecule has 200 valence electrons. The Hall–Kier alpha value is -3.69. The maximum Gasteiger partial charge on any atom is 0.407 e. The Morgan fingerprint density at radius 3 is 2.38 bits per heavy atom. The molecule has 1 aliphatic rings. The van der Waals surface area contributed by atoms with Crippen LogP contribution < -0.4 is 5.32 Å². The highest BCUT2D eigenvalue weighted by Crippen LogP contribution is 2.27. The SMILES string of the molecule is CC(C)CN(C(=O)c1cnc(C(C)(C)C)nc1NCc1ccccc1)[C@H]1C[C@@H](C(=O)O)CN(C(=O)O)C1. The summed E-state index contributed by atoms with van der Waals surface area (Å²) in [7, 11) is 0. The molecule has 2 atom stereocenters. The Kier molecular flexibility index (Phi) is 8.73. The van der Waals surface area contributed by atoms with E-state index < -0.39 is 24.0 Å². The fraction of sp³-hybridized carbons (Fsp3) is 0.519. The van der Waals surface area contributed by atoms with Crippen molar-refractivity contribution in [3.8, 4) is 0 Å². The molecule has 3 rings (SSSR count). The van der Waals surface area contributed by atoms with Crippen LogP contribution >= 0.6 is 0 Å². The number of hydrogen-bond acceptors (Lipinski definition) is 6. The van der Waals surface area contributed by atoms with Gasteiger partial charge >= 0.3 is 12.1 Å². The van der Waals surface area contributed by atoms with Gasteiger partial charge in [-0.05, 0) is 17.9 Å². The van der Waals surface area contributed by atoms with E-state index in [-0.39, 0.29) is 42.3 Å². The molecule has 2 heterocycles. The molecule has 0 aliphatic carbocycles. The van der Waals surface area contributed by atoms with Crippen molar-refractivity contribution in [2.24, 2.45) is 11.8 Å². The number of carbonyl (C=O) groups is 3. The van der Waals surface area contributed by atoms with Gasteiger partial charge in [0.05, 0.1) is 12.0 Å². The highest BCUT2D eigenvalue weighted by Gasteiger charge is 2.39. The smallest absolute Gasteiger partial charge is 0.407 e. The molecule has 2 aromatic rings. The van der Waals surface area contributed by atoms with Crippen molar-refractivity contribution in [1.82, 2.24) is 19.8 Å². The van der Waals surface area contributed by atoms with Crippen LogP contribution in [0, 0.1) is 11.8 Å². The van der Waals surface area contributed by atoms with Crippen LogP contribution in [0.4, 0.5) is 10.6 Å². The topological polar surface area (TPSA) is 136 Å². The summed E-state index contributed by atoms with van der Waals surface area (Å²) in [4.78, 5) is 49.4. The number of carboxylic acid groups (broad SMARTS) is 2. The summed E-state index contributed by atoms with van der Waals surface area (Å²) >= 11 is 0. The van der Waals surface area contributed by atoms with E-state index in [0.29, 0.717) is 24.7 Å². The first-order valence-electron chi connectivity index (χ1n) is 12.5. The molecule has 2 amide bonds. The van der Waals surface area contributed by atoms with Crippen LogP contribution in [0.1, 0.15) is 62.8 Å². The second kappa shape index (κ2) is 11.6. The van der Waals surface area contributed by atoms with Gasteiger partial charge in [-0.25, -0.2) is 14.8 Å². The number of hydrogen-bond donors (Lipinski definition) is 3. The quantitative estimate of drug-likeness (QED) is 0.485. The molecule has 1 aromatic heterocycles. The van der Waals surface area contributed by atoms with Crippen LogP contribution in [0.25, 0.3) is 0 Å². The molecule has 0 radical (unpaired) electrons. The number of rotatable bonds is 8. The van der Waals surface area contributed by atoms with Crippen molar-refractivity contribution in [2.45, 2.75) is 59.0 Å². The van der Waals surface area contributed by atoms with Crippen LogP contribution in [0.5, 0.6) is 0 Å². The maximum atomic E-state index is 14.0. The van der Waals surface area contributed by atoms with Crippen LogP contribution in [-0.2, 0) is 16.8 Å². The third-order valence-corrected chi connectivity index (χ3v) is 6.30. The predicted octanol–water partition coefficient (Wildman–Crippen LogP) is 3.94. The first-order chi connectivity index (χ1) is 17.4. The number of anilines is 1. The lowest BCUT2D eigenvalue weighted by atomic mass is 9.92. The number of aliphatic carboxylic acids is 1. The molecule has 0 spiro atoms. The van der Waals surface area contributed by atoms with Gasteiger partial charge in [0.15, 0.2) is 0 Å². The fourth-order valence-corrected chi connectivity index (χ4v) is 4.40. The Labute approximate surface area is 217 Å². The summed E-state index contributed by atoms with van der Waals surface area (Å²) < 4.78 is 0. The predicted molar refractivity (Wildman–Crippen MR) is 140 cm³/mol. The Morgan fingerprint density at radius 2 is 1.81 bits per heavy atom. The number of carboxylic acids is 1. The van der Waals surface area contributed by atoms with Gasteiger partial charge in [-0.15, -0.1) is 0 Å². The monoisotopic (exact) mass is 511 g/mol. The standard InChI is InChI=1S/C27H37N5O5/c1-17(2)14-32(20-11-19(24(34)35)15-31(16-20)26(36)37)23(33)21-13-29-25(27(3,4)5)30-22(21)28-12-18-9-7-6-8-10-18/h6-10,13,17,19-20H,11-12,14-16H2,1-5H3,(H,34,35)(H,36,37)(H,28,29,30)/t19-,20+/m1/s1. The largest absolute Gasteiger partial charge is 0.481 e. The first-order valence-corrected chi connectivity index (χ1v) is 12.5. The van der Waals surface area contributed by atoms with Crippen molar-refractivity contribution in [3.63, 3.8) is 0 Å². The van der Waals surface area contributed by atoms with Crippen LogP contribution in [-0.4, -0.2) is 73.6 Å². The summed E-state index contributed by atoms with van der Waals surface area (Å²) in [6, 6.07) is 9.15. The lowest BCUT2D eigenvalue weighted by molar-refractivity contribution is -0.144. The summed E-state index contributed by atoms with van der Waals surface area (Å²) in [5, 5.41) is 22.5. The summed E-state index contributed by atoms with van der Waals surface area (Å²) in [6.07, 6.45) is 0.491. The van der Waals surface area contributed by atoms with E-state index in [1.165, 1.54) is 6.20 Å². The number of piperidine rings is 1. The molecular formula is C27H37N5O5. The zero-order valence-electron chi connectivity index (χ0n) is 22.1. The second-order valence-electron chi connectivity index (χ2n) is 11.0. The maximum absolute atomic E-state index is 14.0. The third kappa shape index (κ3) is 7.18. The van der Waals surface area contributed by atoms with Crippen LogP contribution in [0.3, 0.4) is 0 Å². The van der Waals surface area contributed by atoms with Gasteiger partial charge in [-0.1, -0.05) is 65.0 Å². The van der Waals surface area contributed by atoms with Crippen LogP contribution in [0.15, 0.2) is 36.5 Å². The number of benzene rings is 1. The molecule has 10 heteroatoms. The summed E-state index contributed by atoms with van der Waals surface area (Å²) in [5.41, 5.74) is 0.941. The number of aromatic nitrogens is 2. The molecular weight excluding hydrogens is 474 g/mol. The van der Waals surface area contributed by atoms with E-state index in [1.54, 1.807) is 4.90 Å². The van der Waals surface area contributed by atoms with Crippen molar-refractivity contribution in [1.29, 1.82) is 0 Å². The molecule has 0 bridgehead atoms. The highest BCUT2D eigenvalue weighted by molar-refractivity contribution is 5.98. The number of nitrogens with zero attached hydrogens (tertiary/aromatic N) is 4. The summed E-state index contributed by atoms with van der Waals surface area (Å²) in [5.74, 6) is -1.28. The van der Waals surface area contributed by atoms with Gasteiger partial charge in [-0.3, -0.25) is 9.59 Å². The van der Waals surface area contributed by atoms with E-state index in [4.69, 9.17) is 4.98 Å². The zero-order chi connectivity index (χ0) is 27.3. The van der Waals surface area contributed by atoms with Gasteiger partial charge in [-0.2, -0.15) is 0 Å². The van der Waals surface area contributed by atoms with Crippen molar-refractivity contribution in [3.05, 3.63) is 53.5 Å². The molecule has 37 heavy (non-hydrogen) atoms.